The maximum absolute atomic E-state index is 13.5. The quantitative estimate of drug-likeness (QED) is 0.243. The van der Waals surface area contributed by atoms with Gasteiger partial charge >= 0.3 is 6.18 Å². The van der Waals surface area contributed by atoms with E-state index >= 15 is 0 Å². The van der Waals surface area contributed by atoms with Gasteiger partial charge in [0, 0.05) is 61.1 Å². The van der Waals surface area contributed by atoms with Crippen LogP contribution in [-0.2, 0) is 18.3 Å². The summed E-state index contributed by atoms with van der Waals surface area (Å²) in [7, 11) is 0. The summed E-state index contributed by atoms with van der Waals surface area (Å²) in [4.78, 5) is 21.4. The number of nitrogens with zero attached hydrogens (tertiary/aromatic N) is 8. The predicted octanol–water partition coefficient (Wildman–Crippen LogP) is 3.42. The Morgan fingerprint density at radius 1 is 1.23 bits per heavy atom. The molecule has 2 aliphatic rings. The highest BCUT2D eigenvalue weighted by molar-refractivity contribution is 5.90. The molecule has 3 N–H and O–H groups in total. The van der Waals surface area contributed by atoms with Gasteiger partial charge in [-0.2, -0.15) is 28.5 Å². The molecule has 1 saturated carbocycles. The molecule has 0 spiro atoms. The van der Waals surface area contributed by atoms with Crippen LogP contribution in [0.1, 0.15) is 50.5 Å². The van der Waals surface area contributed by atoms with E-state index in [1.54, 1.807) is 13.1 Å². The van der Waals surface area contributed by atoms with E-state index in [9.17, 15) is 23.5 Å². The fourth-order valence-corrected chi connectivity index (χ4v) is 6.05. The zero-order valence-corrected chi connectivity index (χ0v) is 24.1. The van der Waals surface area contributed by atoms with Crippen molar-refractivity contribution in [1.29, 1.82) is 5.26 Å². The molecule has 0 aromatic carbocycles. The molecule has 232 valence electrons. The summed E-state index contributed by atoms with van der Waals surface area (Å²) in [5.41, 5.74) is 2.07. The number of ether oxygens (including phenoxy) is 1. The number of H-pyrrole nitrogens is 1. The highest BCUT2D eigenvalue weighted by Gasteiger charge is 2.48. The van der Waals surface area contributed by atoms with Crippen LogP contribution in [0.25, 0.3) is 22.3 Å². The maximum atomic E-state index is 13.5. The van der Waals surface area contributed by atoms with Crippen molar-refractivity contribution in [3.05, 3.63) is 48.6 Å². The summed E-state index contributed by atoms with van der Waals surface area (Å²) in [6.07, 6.45) is 5.33. The van der Waals surface area contributed by atoms with E-state index < -0.39 is 17.5 Å². The lowest BCUT2D eigenvalue weighted by atomic mass is 9.82. The van der Waals surface area contributed by atoms with E-state index in [2.05, 4.69) is 46.3 Å². The first-order valence-corrected chi connectivity index (χ1v) is 14.6. The minimum Gasteiger partial charge on any atom is -0.474 e. The second-order valence-electron chi connectivity index (χ2n) is 11.6. The van der Waals surface area contributed by atoms with Crippen molar-refractivity contribution in [3.63, 3.8) is 0 Å². The number of hydrogen-bond donors (Lipinski definition) is 3. The van der Waals surface area contributed by atoms with Crippen LogP contribution < -0.4 is 10.1 Å². The highest BCUT2D eigenvalue weighted by atomic mass is 19.4. The number of aliphatic hydroxyl groups excluding tert-OH is 1. The molecule has 15 heteroatoms. The number of fused-ring (bicyclic) bond motifs is 1. The normalized spacial score (nSPS) is 21.1. The first kappa shape index (κ1) is 29.9. The summed E-state index contributed by atoms with van der Waals surface area (Å²) in [6.45, 7) is 2.96. The van der Waals surface area contributed by atoms with Crippen LogP contribution in [0.4, 0.5) is 13.2 Å². The van der Waals surface area contributed by atoms with Gasteiger partial charge in [0.1, 0.15) is 23.6 Å². The molecule has 4 aromatic heterocycles. The van der Waals surface area contributed by atoms with Gasteiger partial charge in [-0.05, 0) is 38.7 Å². The molecular weight excluding hydrogens is 577 g/mol. The smallest absolute Gasteiger partial charge is 0.451 e. The Kier molecular flexibility index (Phi) is 8.23. The molecule has 2 fully saturated rings. The molecular formula is C29H33F3N10O2. The lowest BCUT2D eigenvalue weighted by Crippen LogP contribution is -2.65. The van der Waals surface area contributed by atoms with Gasteiger partial charge in [0.15, 0.2) is 0 Å². The van der Waals surface area contributed by atoms with E-state index in [1.165, 1.54) is 12.4 Å². The minimum atomic E-state index is -4.71. The minimum absolute atomic E-state index is 0.0447. The summed E-state index contributed by atoms with van der Waals surface area (Å²) in [5.74, 6) is -1.35. The third kappa shape index (κ3) is 6.10. The molecule has 0 amide bonds. The Bertz CT molecular complexity index is 1630. The van der Waals surface area contributed by atoms with Gasteiger partial charge in [-0.3, -0.25) is 9.58 Å². The van der Waals surface area contributed by atoms with Gasteiger partial charge in [0.2, 0.25) is 11.7 Å². The van der Waals surface area contributed by atoms with E-state index in [-0.39, 0.29) is 42.9 Å². The van der Waals surface area contributed by atoms with Crippen LogP contribution in [0.5, 0.6) is 5.88 Å². The van der Waals surface area contributed by atoms with Crippen molar-refractivity contribution in [2.45, 2.75) is 75.5 Å². The van der Waals surface area contributed by atoms with Crippen molar-refractivity contribution < 1.29 is 23.0 Å². The second kappa shape index (κ2) is 12.1. The molecule has 12 nitrogen and oxygen atoms in total. The fraction of sp³-hybridized carbons (Fsp3) is 0.517. The zero-order valence-electron chi connectivity index (χ0n) is 24.1. The molecule has 0 unspecified atom stereocenters. The lowest BCUT2D eigenvalue weighted by Gasteiger charge is -2.53. The topological polar surface area (TPSA) is 154 Å². The summed E-state index contributed by atoms with van der Waals surface area (Å²) < 4.78 is 48.3. The van der Waals surface area contributed by atoms with Crippen LogP contribution >= 0.6 is 0 Å². The average molecular weight is 611 g/mol. The fourth-order valence-electron chi connectivity index (χ4n) is 6.05. The summed E-state index contributed by atoms with van der Waals surface area (Å²) in [5, 5.41) is 27.3. The lowest BCUT2D eigenvalue weighted by molar-refractivity contribution is -0.145. The number of halogens is 3. The number of alkyl halides is 3. The summed E-state index contributed by atoms with van der Waals surface area (Å²) >= 11 is 0. The predicted molar refractivity (Wildman–Crippen MR) is 152 cm³/mol. The number of aromatic amines is 1. The molecule has 5 heterocycles. The Labute approximate surface area is 251 Å². The molecule has 1 saturated heterocycles. The number of aliphatic hydroxyl groups is 1. The van der Waals surface area contributed by atoms with Gasteiger partial charge in [-0.1, -0.05) is 0 Å². The third-order valence-electron chi connectivity index (χ3n) is 8.46. The van der Waals surface area contributed by atoms with Crippen molar-refractivity contribution in [3.8, 4) is 23.2 Å². The Morgan fingerprint density at radius 3 is 2.75 bits per heavy atom. The van der Waals surface area contributed by atoms with Crippen LogP contribution in [0, 0.1) is 11.3 Å². The van der Waals surface area contributed by atoms with Gasteiger partial charge in [0.25, 0.3) is 0 Å². The number of hydrogen-bond acceptors (Lipinski definition) is 10. The second-order valence-corrected chi connectivity index (χ2v) is 11.6. The van der Waals surface area contributed by atoms with Gasteiger partial charge < -0.3 is 20.1 Å². The number of nitriles is 1. The summed E-state index contributed by atoms with van der Waals surface area (Å²) in [6, 6.07) is 5.66. The first-order chi connectivity index (χ1) is 21.2. The van der Waals surface area contributed by atoms with E-state index in [4.69, 9.17) is 4.74 Å². The van der Waals surface area contributed by atoms with Crippen molar-refractivity contribution in [2.24, 2.45) is 0 Å². The van der Waals surface area contributed by atoms with E-state index in [0.717, 1.165) is 35.1 Å². The van der Waals surface area contributed by atoms with Crippen LogP contribution in [0.2, 0.25) is 0 Å². The molecule has 44 heavy (non-hydrogen) atoms. The molecule has 1 aliphatic heterocycles. The standard InChI is InChI=1S/C29H33F3N10O2/c1-18(14-43)35-12-20-10-24(40-27(39-20)29(30,31)32)44-22-4-2-21(3-5-22)41-15-28(16-41,7-8-33)42-13-19(11-38-42)25-23-6-9-34-26(23)37-17-36-25/h6,9-11,13,17-18,21-22,35,43H,2-5,7,12,14-16H2,1H3,(H,34,36,37)/t18-,21?,22?/m1/s1. The Hall–Kier alpha value is -4.13. The average Bonchev–Trinajstić information content (AvgIpc) is 3.68. The van der Waals surface area contributed by atoms with Crippen LogP contribution in [0.15, 0.2) is 37.1 Å². The zero-order chi connectivity index (χ0) is 30.9. The first-order valence-electron chi connectivity index (χ1n) is 14.6. The van der Waals surface area contributed by atoms with Crippen LogP contribution in [-0.4, -0.2) is 82.6 Å². The molecule has 1 atom stereocenters. The number of likely N-dealkylation sites (tertiary alicyclic amines) is 1. The van der Waals surface area contributed by atoms with Crippen LogP contribution in [0.3, 0.4) is 0 Å². The Balaban J connectivity index is 1.08. The number of rotatable bonds is 10. The molecule has 1 aliphatic carbocycles. The molecule has 6 rings (SSSR count). The third-order valence-corrected chi connectivity index (χ3v) is 8.46. The monoisotopic (exact) mass is 610 g/mol. The van der Waals surface area contributed by atoms with Gasteiger partial charge in [-0.15, -0.1) is 0 Å². The van der Waals surface area contributed by atoms with Crippen molar-refractivity contribution in [2.75, 3.05) is 19.7 Å². The Morgan fingerprint density at radius 2 is 2.02 bits per heavy atom. The van der Waals surface area contributed by atoms with E-state index in [1.807, 2.05) is 23.1 Å². The maximum Gasteiger partial charge on any atom is 0.451 e. The highest BCUT2D eigenvalue weighted by Crippen LogP contribution is 2.39. The number of nitrogens with one attached hydrogen (secondary N) is 2. The van der Waals surface area contributed by atoms with E-state index in [0.29, 0.717) is 32.4 Å². The largest absolute Gasteiger partial charge is 0.474 e. The SMILES string of the molecule is C[C@H](CO)NCc1cc(OC2CCC(N3CC(CC#N)(n4cc(-c5ncnc6[nH]ccc56)cn4)C3)CC2)nc(C(F)(F)F)n1. The van der Waals surface area contributed by atoms with Gasteiger partial charge in [0.05, 0.1) is 36.7 Å². The molecule has 0 bridgehead atoms. The van der Waals surface area contributed by atoms with Crippen molar-refractivity contribution in [1.82, 2.24) is 44.9 Å². The number of aromatic nitrogens is 7. The molecule has 4 aromatic rings. The van der Waals surface area contributed by atoms with Gasteiger partial charge in [-0.25, -0.2) is 15.0 Å². The van der Waals surface area contributed by atoms with Crippen molar-refractivity contribution >= 4 is 11.0 Å². The molecule has 0 radical (unpaired) electrons.